The Kier molecular flexibility index (Phi) is 1.50. The van der Waals surface area contributed by atoms with Gasteiger partial charge in [-0.2, -0.15) is 0 Å². The van der Waals surface area contributed by atoms with Crippen LogP contribution in [-0.4, -0.2) is 6.61 Å². The van der Waals surface area contributed by atoms with Gasteiger partial charge in [0.15, 0.2) is 0 Å². The number of allylic oxidation sites excluding steroid dienone is 2. The maximum Gasteiger partial charge on any atom is 0.0990 e. The van der Waals surface area contributed by atoms with Crippen molar-refractivity contribution in [2.45, 2.75) is 25.7 Å². The van der Waals surface area contributed by atoms with Crippen molar-refractivity contribution in [3.8, 4) is 0 Å². The van der Waals surface area contributed by atoms with Gasteiger partial charge in [0.2, 0.25) is 0 Å². The normalized spacial score (nSPS) is 24.0. The third kappa shape index (κ3) is 0.962. The molecule has 0 fully saturated rings. The lowest BCUT2D eigenvalue weighted by Crippen LogP contribution is -1.81. The standard InChI is InChI=1S/C9H12O/c1-2-4-8-6-7-10-9(8)5-3-1/h1,3H,2,4-7H2. The summed E-state index contributed by atoms with van der Waals surface area (Å²) in [5.74, 6) is 1.26. The Bertz CT molecular complexity index is 189. The van der Waals surface area contributed by atoms with Crippen LogP contribution in [-0.2, 0) is 4.74 Å². The first-order valence-corrected chi connectivity index (χ1v) is 3.95. The molecule has 0 unspecified atom stereocenters. The van der Waals surface area contributed by atoms with Gasteiger partial charge in [0.05, 0.1) is 12.4 Å². The minimum atomic E-state index is 0.929. The number of rotatable bonds is 0. The molecule has 1 aliphatic heterocycles. The highest BCUT2D eigenvalue weighted by atomic mass is 16.5. The van der Waals surface area contributed by atoms with E-state index < -0.39 is 0 Å². The summed E-state index contributed by atoms with van der Waals surface area (Å²) in [5.41, 5.74) is 1.56. The molecule has 0 saturated carbocycles. The van der Waals surface area contributed by atoms with Gasteiger partial charge in [-0.05, 0) is 18.4 Å². The lowest BCUT2D eigenvalue weighted by molar-refractivity contribution is 0.240. The highest BCUT2D eigenvalue weighted by Crippen LogP contribution is 2.28. The molecule has 0 aromatic heterocycles. The van der Waals surface area contributed by atoms with E-state index in [9.17, 15) is 0 Å². The van der Waals surface area contributed by atoms with Crippen LogP contribution in [0.1, 0.15) is 25.7 Å². The lowest BCUT2D eigenvalue weighted by atomic mass is 10.1. The van der Waals surface area contributed by atoms with Crippen LogP contribution in [0.4, 0.5) is 0 Å². The van der Waals surface area contributed by atoms with Gasteiger partial charge in [0, 0.05) is 12.8 Å². The summed E-state index contributed by atoms with van der Waals surface area (Å²) in [6.45, 7) is 0.929. The number of ether oxygens (including phenoxy) is 1. The van der Waals surface area contributed by atoms with Crippen LogP contribution in [0.3, 0.4) is 0 Å². The van der Waals surface area contributed by atoms with Gasteiger partial charge in [0.25, 0.3) is 0 Å². The SMILES string of the molecule is C1=CCC2=C(CC1)CCO2. The third-order valence-corrected chi connectivity index (χ3v) is 2.16. The Morgan fingerprint density at radius 2 is 2.20 bits per heavy atom. The second-order valence-electron chi connectivity index (χ2n) is 2.84. The summed E-state index contributed by atoms with van der Waals surface area (Å²) < 4.78 is 5.47. The first-order chi connectivity index (χ1) is 4.97. The molecule has 0 aromatic carbocycles. The van der Waals surface area contributed by atoms with Gasteiger partial charge in [-0.25, -0.2) is 0 Å². The molecular formula is C9H12O. The maximum absolute atomic E-state index is 5.47. The van der Waals surface area contributed by atoms with Crippen molar-refractivity contribution in [3.05, 3.63) is 23.5 Å². The topological polar surface area (TPSA) is 9.23 Å². The first-order valence-electron chi connectivity index (χ1n) is 3.95. The van der Waals surface area contributed by atoms with E-state index in [0.717, 1.165) is 13.0 Å². The Hall–Kier alpha value is -0.720. The van der Waals surface area contributed by atoms with Gasteiger partial charge in [-0.3, -0.25) is 0 Å². The van der Waals surface area contributed by atoms with Crippen molar-refractivity contribution in [3.63, 3.8) is 0 Å². The van der Waals surface area contributed by atoms with Crippen molar-refractivity contribution in [1.29, 1.82) is 0 Å². The molecule has 1 heteroatoms. The zero-order valence-electron chi connectivity index (χ0n) is 6.10. The van der Waals surface area contributed by atoms with Gasteiger partial charge < -0.3 is 4.74 Å². The summed E-state index contributed by atoms with van der Waals surface area (Å²) in [4.78, 5) is 0. The summed E-state index contributed by atoms with van der Waals surface area (Å²) in [5, 5.41) is 0. The molecular weight excluding hydrogens is 124 g/mol. The smallest absolute Gasteiger partial charge is 0.0990 e. The largest absolute Gasteiger partial charge is 0.497 e. The average molecular weight is 136 g/mol. The molecule has 1 heterocycles. The third-order valence-electron chi connectivity index (χ3n) is 2.16. The molecule has 10 heavy (non-hydrogen) atoms. The molecule has 0 aromatic rings. The highest BCUT2D eigenvalue weighted by molar-refractivity contribution is 5.18. The van der Waals surface area contributed by atoms with E-state index in [0.29, 0.717) is 0 Å². The van der Waals surface area contributed by atoms with E-state index in [4.69, 9.17) is 4.74 Å². The fraction of sp³-hybridized carbons (Fsp3) is 0.556. The number of hydrogen-bond acceptors (Lipinski definition) is 1. The summed E-state index contributed by atoms with van der Waals surface area (Å²) >= 11 is 0. The lowest BCUT2D eigenvalue weighted by Gasteiger charge is -1.98. The van der Waals surface area contributed by atoms with Crippen LogP contribution in [0, 0.1) is 0 Å². The van der Waals surface area contributed by atoms with Crippen LogP contribution < -0.4 is 0 Å². The van der Waals surface area contributed by atoms with Crippen LogP contribution in [0.5, 0.6) is 0 Å². The molecule has 0 bridgehead atoms. The first kappa shape index (κ1) is 6.02. The fourth-order valence-electron chi connectivity index (χ4n) is 1.57. The number of hydrogen-bond donors (Lipinski definition) is 0. The van der Waals surface area contributed by atoms with Gasteiger partial charge >= 0.3 is 0 Å². The van der Waals surface area contributed by atoms with E-state index >= 15 is 0 Å². The van der Waals surface area contributed by atoms with Crippen molar-refractivity contribution >= 4 is 0 Å². The van der Waals surface area contributed by atoms with Crippen LogP contribution in [0.25, 0.3) is 0 Å². The second kappa shape index (κ2) is 2.49. The monoisotopic (exact) mass is 136 g/mol. The van der Waals surface area contributed by atoms with Crippen molar-refractivity contribution < 1.29 is 4.74 Å². The van der Waals surface area contributed by atoms with E-state index in [2.05, 4.69) is 12.2 Å². The predicted octanol–water partition coefficient (Wildman–Crippen LogP) is 2.40. The van der Waals surface area contributed by atoms with Crippen LogP contribution >= 0.6 is 0 Å². The molecule has 0 saturated heterocycles. The molecule has 0 amide bonds. The van der Waals surface area contributed by atoms with Gasteiger partial charge in [-0.15, -0.1) is 0 Å². The Balaban J connectivity index is 2.18. The van der Waals surface area contributed by atoms with E-state index in [1.807, 2.05) is 0 Å². The fourth-order valence-corrected chi connectivity index (χ4v) is 1.57. The molecule has 54 valence electrons. The molecule has 0 N–H and O–H groups in total. The van der Waals surface area contributed by atoms with Crippen molar-refractivity contribution in [2.24, 2.45) is 0 Å². The molecule has 2 rings (SSSR count). The summed E-state index contributed by atoms with van der Waals surface area (Å²) in [6, 6.07) is 0. The van der Waals surface area contributed by atoms with Crippen LogP contribution in [0.2, 0.25) is 0 Å². The minimum Gasteiger partial charge on any atom is -0.497 e. The minimum absolute atomic E-state index is 0.929. The Morgan fingerprint density at radius 1 is 1.20 bits per heavy atom. The zero-order valence-corrected chi connectivity index (χ0v) is 6.10. The van der Waals surface area contributed by atoms with E-state index in [1.165, 1.54) is 25.0 Å². The highest BCUT2D eigenvalue weighted by Gasteiger charge is 2.14. The summed E-state index contributed by atoms with van der Waals surface area (Å²) in [6.07, 6.45) is 9.12. The zero-order chi connectivity index (χ0) is 6.81. The van der Waals surface area contributed by atoms with E-state index in [-0.39, 0.29) is 0 Å². The Labute approximate surface area is 61.4 Å². The molecule has 1 nitrogen and oxygen atoms in total. The molecule has 0 atom stereocenters. The van der Waals surface area contributed by atoms with Crippen molar-refractivity contribution in [1.82, 2.24) is 0 Å². The second-order valence-corrected chi connectivity index (χ2v) is 2.84. The maximum atomic E-state index is 5.47. The summed E-state index contributed by atoms with van der Waals surface area (Å²) in [7, 11) is 0. The molecule has 0 spiro atoms. The van der Waals surface area contributed by atoms with Gasteiger partial charge in [-0.1, -0.05) is 12.2 Å². The van der Waals surface area contributed by atoms with Crippen molar-refractivity contribution in [2.75, 3.05) is 6.61 Å². The Morgan fingerprint density at radius 3 is 3.20 bits per heavy atom. The van der Waals surface area contributed by atoms with Crippen LogP contribution in [0.15, 0.2) is 23.5 Å². The quantitative estimate of drug-likeness (QED) is 0.465. The molecule has 1 aliphatic carbocycles. The van der Waals surface area contributed by atoms with Gasteiger partial charge in [0.1, 0.15) is 0 Å². The average Bonchev–Trinajstić information content (AvgIpc) is 2.28. The predicted molar refractivity (Wildman–Crippen MR) is 40.6 cm³/mol. The molecule has 0 radical (unpaired) electrons. The van der Waals surface area contributed by atoms with E-state index in [1.54, 1.807) is 5.57 Å². The molecule has 2 aliphatic rings.